The van der Waals surface area contributed by atoms with E-state index in [1.165, 1.54) is 0 Å². The summed E-state index contributed by atoms with van der Waals surface area (Å²) in [7, 11) is 0. The van der Waals surface area contributed by atoms with E-state index in [2.05, 4.69) is 5.73 Å². The predicted octanol–water partition coefficient (Wildman–Crippen LogP) is -1.07. The Morgan fingerprint density at radius 3 is 2.62 bits per heavy atom. The lowest BCUT2D eigenvalue weighted by Crippen LogP contribution is -2.63. The summed E-state index contributed by atoms with van der Waals surface area (Å²) >= 11 is 0. The molecule has 8 heavy (non-hydrogen) atoms. The highest BCUT2D eigenvalue weighted by molar-refractivity contribution is 5.76. The van der Waals surface area contributed by atoms with Gasteiger partial charge in [0.05, 0.1) is 0 Å². The molecular formula is C5H10NO2+. The Bertz CT molecular complexity index is 113. The van der Waals surface area contributed by atoms with Crippen LogP contribution in [0.4, 0.5) is 0 Å². The Balaban J connectivity index is 2.51. The molecule has 0 saturated carbocycles. The first-order valence-electron chi connectivity index (χ1n) is 2.73. The molecule has 0 aromatic rings. The highest BCUT2D eigenvalue weighted by atomic mass is 16.6. The Labute approximate surface area is 47.8 Å². The molecule has 0 aromatic carbocycles. The smallest absolute Gasteiger partial charge is 0.365 e. The van der Waals surface area contributed by atoms with Crippen LogP contribution in [0.3, 0.4) is 0 Å². The summed E-state index contributed by atoms with van der Waals surface area (Å²) in [6.07, 6.45) is 0.865. The van der Waals surface area contributed by atoms with Crippen LogP contribution in [-0.4, -0.2) is 18.1 Å². The van der Waals surface area contributed by atoms with Crippen LogP contribution in [0.1, 0.15) is 13.3 Å². The van der Waals surface area contributed by atoms with Gasteiger partial charge >= 0.3 is 5.97 Å². The van der Waals surface area contributed by atoms with E-state index < -0.39 is 0 Å². The second-order valence-corrected chi connectivity index (χ2v) is 2.18. The lowest BCUT2D eigenvalue weighted by molar-refractivity contribution is -0.402. The second kappa shape index (κ2) is 1.74. The van der Waals surface area contributed by atoms with Crippen molar-refractivity contribution in [2.45, 2.75) is 25.5 Å². The van der Waals surface area contributed by atoms with Gasteiger partial charge < -0.3 is 10.5 Å². The van der Waals surface area contributed by atoms with Gasteiger partial charge in [0.1, 0.15) is 6.10 Å². The fraction of sp³-hybridized carbons (Fsp3) is 0.800. The van der Waals surface area contributed by atoms with E-state index in [9.17, 15) is 4.79 Å². The van der Waals surface area contributed by atoms with Crippen LogP contribution in [-0.2, 0) is 9.53 Å². The first kappa shape index (κ1) is 5.56. The van der Waals surface area contributed by atoms with Gasteiger partial charge in [-0.15, -0.1) is 0 Å². The van der Waals surface area contributed by atoms with Crippen LogP contribution in [0.15, 0.2) is 0 Å². The van der Waals surface area contributed by atoms with E-state index in [0.717, 1.165) is 6.42 Å². The van der Waals surface area contributed by atoms with Gasteiger partial charge in [0, 0.05) is 6.42 Å². The third-order valence-electron chi connectivity index (χ3n) is 1.27. The van der Waals surface area contributed by atoms with Crippen molar-refractivity contribution in [2.75, 3.05) is 0 Å². The molecule has 0 aliphatic carbocycles. The fourth-order valence-corrected chi connectivity index (χ4v) is 0.840. The van der Waals surface area contributed by atoms with Crippen LogP contribution in [0.2, 0.25) is 0 Å². The van der Waals surface area contributed by atoms with E-state index in [-0.39, 0.29) is 18.1 Å². The van der Waals surface area contributed by atoms with Crippen LogP contribution >= 0.6 is 0 Å². The van der Waals surface area contributed by atoms with Gasteiger partial charge in [-0.05, 0) is 6.92 Å². The van der Waals surface area contributed by atoms with Gasteiger partial charge in [0.2, 0.25) is 0 Å². The Morgan fingerprint density at radius 1 is 1.88 bits per heavy atom. The van der Waals surface area contributed by atoms with Crippen molar-refractivity contribution >= 4 is 5.97 Å². The molecule has 1 saturated heterocycles. The van der Waals surface area contributed by atoms with Gasteiger partial charge in [-0.2, -0.15) is 0 Å². The molecule has 1 heterocycles. The van der Waals surface area contributed by atoms with Crippen LogP contribution in [0.5, 0.6) is 0 Å². The summed E-state index contributed by atoms with van der Waals surface area (Å²) in [4.78, 5) is 10.5. The van der Waals surface area contributed by atoms with Gasteiger partial charge in [0.25, 0.3) is 0 Å². The molecule has 0 bridgehead atoms. The van der Waals surface area contributed by atoms with E-state index in [0.29, 0.717) is 0 Å². The van der Waals surface area contributed by atoms with Gasteiger partial charge in [0.15, 0.2) is 6.04 Å². The molecule has 1 aliphatic heterocycles. The molecule has 3 nitrogen and oxygen atoms in total. The van der Waals surface area contributed by atoms with Gasteiger partial charge in [-0.3, -0.25) is 0 Å². The molecule has 0 radical (unpaired) electrons. The minimum absolute atomic E-state index is 0.0880. The van der Waals surface area contributed by atoms with Gasteiger partial charge in [-0.25, -0.2) is 4.79 Å². The average molecular weight is 116 g/mol. The topological polar surface area (TPSA) is 53.9 Å². The molecule has 1 aliphatic rings. The summed E-state index contributed by atoms with van der Waals surface area (Å²) in [6.45, 7) is 1.88. The van der Waals surface area contributed by atoms with Crippen molar-refractivity contribution < 1.29 is 15.3 Å². The van der Waals surface area contributed by atoms with Crippen molar-refractivity contribution in [1.29, 1.82) is 0 Å². The molecule has 1 fully saturated rings. The molecule has 3 N–H and O–H groups in total. The molecular weight excluding hydrogens is 106 g/mol. The lowest BCUT2D eigenvalue weighted by atomic mass is 10.2. The standard InChI is InChI=1S/C5H9NO2/c1-3-2-4(6)5(7)8-3/h3-4H,2,6H2,1H3/p+1/t3-,4-/m1/s1. The fourth-order valence-electron chi connectivity index (χ4n) is 0.840. The Hall–Kier alpha value is -0.570. The maximum absolute atomic E-state index is 10.5. The lowest BCUT2D eigenvalue weighted by Gasteiger charge is -1.94. The van der Waals surface area contributed by atoms with Crippen molar-refractivity contribution in [3.63, 3.8) is 0 Å². The number of hydrogen-bond donors (Lipinski definition) is 1. The third-order valence-corrected chi connectivity index (χ3v) is 1.27. The van der Waals surface area contributed by atoms with Crippen LogP contribution in [0.25, 0.3) is 0 Å². The van der Waals surface area contributed by atoms with Crippen LogP contribution in [0, 0.1) is 0 Å². The Kier molecular flexibility index (Phi) is 1.21. The molecule has 0 amide bonds. The molecule has 0 spiro atoms. The van der Waals surface area contributed by atoms with E-state index in [1.807, 2.05) is 6.92 Å². The summed E-state index contributed by atoms with van der Waals surface area (Å²) < 4.78 is 4.77. The summed E-state index contributed by atoms with van der Waals surface area (Å²) in [6, 6.07) is -0.120. The SMILES string of the molecule is C[C@@H]1C[C@@H]([NH3+])C(=O)O1. The zero-order valence-corrected chi connectivity index (χ0v) is 4.89. The number of hydrogen-bond acceptors (Lipinski definition) is 2. The summed E-state index contributed by atoms with van der Waals surface area (Å²) in [5, 5.41) is 0. The summed E-state index contributed by atoms with van der Waals surface area (Å²) in [5.74, 6) is -0.155. The minimum Gasteiger partial charge on any atom is -0.458 e. The largest absolute Gasteiger partial charge is 0.458 e. The normalized spacial score (nSPS) is 37.5. The third kappa shape index (κ3) is 0.816. The number of carbonyl (C=O) groups excluding carboxylic acids is 1. The second-order valence-electron chi connectivity index (χ2n) is 2.18. The predicted molar refractivity (Wildman–Crippen MR) is 26.8 cm³/mol. The van der Waals surface area contributed by atoms with E-state index in [4.69, 9.17) is 4.74 Å². The number of ether oxygens (including phenoxy) is 1. The highest BCUT2D eigenvalue weighted by Gasteiger charge is 2.31. The molecule has 0 aromatic heterocycles. The Morgan fingerprint density at radius 2 is 2.50 bits per heavy atom. The first-order valence-corrected chi connectivity index (χ1v) is 2.73. The number of rotatable bonds is 0. The van der Waals surface area contributed by atoms with Crippen LogP contribution < -0.4 is 5.73 Å². The quantitative estimate of drug-likeness (QED) is 0.410. The molecule has 2 atom stereocenters. The maximum Gasteiger partial charge on any atom is 0.365 e. The van der Waals surface area contributed by atoms with E-state index in [1.54, 1.807) is 0 Å². The number of quaternary nitrogens is 1. The zero-order valence-electron chi connectivity index (χ0n) is 4.89. The molecule has 1 rings (SSSR count). The van der Waals surface area contributed by atoms with Crippen molar-refractivity contribution in [3.8, 4) is 0 Å². The van der Waals surface area contributed by atoms with Crippen molar-refractivity contribution in [2.24, 2.45) is 0 Å². The first-order chi connectivity index (χ1) is 3.70. The molecule has 0 unspecified atom stereocenters. The maximum atomic E-state index is 10.5. The average Bonchev–Trinajstić information content (AvgIpc) is 1.85. The minimum atomic E-state index is -0.155. The molecule has 46 valence electrons. The number of carbonyl (C=O) groups is 1. The summed E-state index contributed by atoms with van der Waals surface area (Å²) in [5.41, 5.74) is 3.59. The zero-order chi connectivity index (χ0) is 6.15. The van der Waals surface area contributed by atoms with Gasteiger partial charge in [-0.1, -0.05) is 0 Å². The van der Waals surface area contributed by atoms with E-state index >= 15 is 0 Å². The number of cyclic esters (lactones) is 1. The van der Waals surface area contributed by atoms with Crippen molar-refractivity contribution in [3.05, 3.63) is 0 Å². The monoisotopic (exact) mass is 116 g/mol. The van der Waals surface area contributed by atoms with Crippen molar-refractivity contribution in [1.82, 2.24) is 0 Å². The molecule has 3 heteroatoms. The highest BCUT2D eigenvalue weighted by Crippen LogP contribution is 2.09. The number of esters is 1.